The Kier molecular flexibility index (Phi) is 1.46. The molecule has 2 aliphatic rings. The Balaban J connectivity index is 2.08. The molecule has 0 amide bonds. The van der Waals surface area contributed by atoms with Crippen LogP contribution in [0.1, 0.15) is 26.2 Å². The van der Waals surface area contributed by atoms with Crippen molar-refractivity contribution < 1.29 is 4.74 Å². The lowest BCUT2D eigenvalue weighted by Gasteiger charge is -2.26. The van der Waals surface area contributed by atoms with Crippen molar-refractivity contribution in [1.82, 2.24) is 0 Å². The zero-order chi connectivity index (χ0) is 7.14. The Morgan fingerprint density at radius 1 is 1.30 bits per heavy atom. The van der Waals surface area contributed by atoms with Crippen molar-refractivity contribution in [3.8, 4) is 0 Å². The number of rotatable bonds is 0. The lowest BCUT2D eigenvalue weighted by atomic mass is 10.0. The van der Waals surface area contributed by atoms with E-state index in [1.807, 2.05) is 0 Å². The predicted octanol–water partition coefficient (Wildman–Crippen LogP) is 0.901. The highest BCUT2D eigenvalue weighted by Gasteiger charge is 2.39. The van der Waals surface area contributed by atoms with Crippen molar-refractivity contribution in [3.05, 3.63) is 0 Å². The van der Waals surface area contributed by atoms with Crippen LogP contribution in [0.5, 0.6) is 0 Å². The van der Waals surface area contributed by atoms with E-state index < -0.39 is 0 Å². The van der Waals surface area contributed by atoms with Gasteiger partial charge in [-0.3, -0.25) is 0 Å². The van der Waals surface area contributed by atoms with Crippen LogP contribution in [0.15, 0.2) is 0 Å². The van der Waals surface area contributed by atoms with Crippen LogP contribution in [0.25, 0.3) is 0 Å². The monoisotopic (exact) mass is 141 g/mol. The predicted molar refractivity (Wildman–Crippen MR) is 39.7 cm³/mol. The minimum absolute atomic E-state index is 0.321. The molecule has 0 radical (unpaired) electrons. The Hall–Kier alpha value is -0.0800. The van der Waals surface area contributed by atoms with Crippen LogP contribution in [-0.2, 0) is 4.74 Å². The highest BCUT2D eigenvalue weighted by molar-refractivity contribution is 4.91. The van der Waals surface area contributed by atoms with Gasteiger partial charge in [-0.2, -0.15) is 0 Å². The molecule has 2 heteroatoms. The molecule has 2 bridgehead atoms. The molecule has 10 heavy (non-hydrogen) atoms. The summed E-state index contributed by atoms with van der Waals surface area (Å²) in [4.78, 5) is 0. The van der Waals surface area contributed by atoms with Crippen molar-refractivity contribution >= 4 is 0 Å². The van der Waals surface area contributed by atoms with E-state index in [2.05, 4.69) is 6.92 Å². The molecular weight excluding hydrogens is 126 g/mol. The first-order valence-corrected chi connectivity index (χ1v) is 4.18. The molecule has 2 rings (SSSR count). The second-order valence-electron chi connectivity index (χ2n) is 3.67. The van der Waals surface area contributed by atoms with Crippen LogP contribution >= 0.6 is 0 Å². The van der Waals surface area contributed by atoms with E-state index in [-0.39, 0.29) is 0 Å². The maximum atomic E-state index is 5.85. The van der Waals surface area contributed by atoms with Gasteiger partial charge in [-0.25, -0.2) is 0 Å². The Morgan fingerprint density at radius 3 is 2.80 bits per heavy atom. The lowest BCUT2D eigenvalue weighted by Crippen LogP contribution is -2.38. The van der Waals surface area contributed by atoms with E-state index in [4.69, 9.17) is 10.5 Å². The third kappa shape index (κ3) is 0.867. The van der Waals surface area contributed by atoms with Crippen molar-refractivity contribution in [2.45, 2.75) is 44.4 Å². The summed E-state index contributed by atoms with van der Waals surface area (Å²) in [7, 11) is 0. The van der Waals surface area contributed by atoms with Gasteiger partial charge in [0, 0.05) is 6.04 Å². The quantitative estimate of drug-likeness (QED) is 0.544. The molecule has 4 atom stereocenters. The molecule has 58 valence electrons. The maximum Gasteiger partial charge on any atom is 0.0733 e. The average Bonchev–Trinajstić information content (AvgIpc) is 2.21. The van der Waals surface area contributed by atoms with Gasteiger partial charge >= 0.3 is 0 Å². The summed E-state index contributed by atoms with van der Waals surface area (Å²) in [5.41, 5.74) is 5.85. The molecule has 2 aliphatic heterocycles. The van der Waals surface area contributed by atoms with Gasteiger partial charge in [-0.1, -0.05) is 6.92 Å². The van der Waals surface area contributed by atoms with Crippen LogP contribution in [-0.4, -0.2) is 18.2 Å². The van der Waals surface area contributed by atoms with Gasteiger partial charge in [0.25, 0.3) is 0 Å². The summed E-state index contributed by atoms with van der Waals surface area (Å²) >= 11 is 0. The molecule has 2 N–H and O–H groups in total. The normalized spacial score (nSPS) is 53.4. The smallest absolute Gasteiger partial charge is 0.0733 e. The average molecular weight is 141 g/mol. The maximum absolute atomic E-state index is 5.85. The second-order valence-corrected chi connectivity index (χ2v) is 3.67. The number of hydrogen-bond donors (Lipinski definition) is 1. The fourth-order valence-corrected chi connectivity index (χ4v) is 2.10. The number of nitrogens with two attached hydrogens (primary N) is 1. The van der Waals surface area contributed by atoms with Gasteiger partial charge in [-0.15, -0.1) is 0 Å². The van der Waals surface area contributed by atoms with E-state index >= 15 is 0 Å². The van der Waals surface area contributed by atoms with E-state index in [0.717, 1.165) is 5.92 Å². The minimum atomic E-state index is 0.321. The second kappa shape index (κ2) is 2.21. The molecule has 0 spiro atoms. The summed E-state index contributed by atoms with van der Waals surface area (Å²) < 4.78 is 5.70. The van der Waals surface area contributed by atoms with E-state index in [9.17, 15) is 0 Å². The zero-order valence-corrected chi connectivity index (χ0v) is 6.42. The number of hydrogen-bond acceptors (Lipinski definition) is 2. The van der Waals surface area contributed by atoms with Crippen molar-refractivity contribution in [3.63, 3.8) is 0 Å². The van der Waals surface area contributed by atoms with Crippen LogP contribution < -0.4 is 5.73 Å². The van der Waals surface area contributed by atoms with E-state index in [1.54, 1.807) is 0 Å². The van der Waals surface area contributed by atoms with Gasteiger partial charge in [0.05, 0.1) is 12.2 Å². The highest BCUT2D eigenvalue weighted by atomic mass is 16.5. The van der Waals surface area contributed by atoms with Gasteiger partial charge in [0.1, 0.15) is 0 Å². The molecule has 0 aliphatic carbocycles. The van der Waals surface area contributed by atoms with Gasteiger partial charge in [0.2, 0.25) is 0 Å². The Bertz CT molecular complexity index is 135. The molecule has 0 aromatic heterocycles. The largest absolute Gasteiger partial charge is 0.373 e. The van der Waals surface area contributed by atoms with Gasteiger partial charge < -0.3 is 10.5 Å². The fourth-order valence-electron chi connectivity index (χ4n) is 2.10. The lowest BCUT2D eigenvalue weighted by molar-refractivity contribution is -0.0143. The van der Waals surface area contributed by atoms with Gasteiger partial charge in [-0.05, 0) is 25.2 Å². The highest BCUT2D eigenvalue weighted by Crippen LogP contribution is 2.35. The Morgan fingerprint density at radius 2 is 2.10 bits per heavy atom. The van der Waals surface area contributed by atoms with Crippen LogP contribution in [0.2, 0.25) is 0 Å². The first kappa shape index (κ1) is 6.62. The first-order chi connectivity index (χ1) is 4.77. The van der Waals surface area contributed by atoms with Crippen LogP contribution in [0, 0.1) is 5.92 Å². The number of ether oxygens (including phenoxy) is 1. The van der Waals surface area contributed by atoms with E-state index in [0.29, 0.717) is 18.2 Å². The number of fused-ring (bicyclic) bond motifs is 2. The van der Waals surface area contributed by atoms with Crippen molar-refractivity contribution in [2.24, 2.45) is 11.7 Å². The molecule has 0 saturated carbocycles. The molecule has 4 unspecified atom stereocenters. The third-order valence-corrected chi connectivity index (χ3v) is 2.85. The topological polar surface area (TPSA) is 35.2 Å². The summed E-state index contributed by atoms with van der Waals surface area (Å²) in [5.74, 6) is 0.749. The molecule has 2 nitrogen and oxygen atoms in total. The summed E-state index contributed by atoms with van der Waals surface area (Å²) in [6.45, 7) is 2.27. The van der Waals surface area contributed by atoms with Gasteiger partial charge in [0.15, 0.2) is 0 Å². The fraction of sp³-hybridized carbons (Fsp3) is 1.00. The molecule has 2 heterocycles. The van der Waals surface area contributed by atoms with Crippen LogP contribution in [0.3, 0.4) is 0 Å². The molecule has 2 saturated heterocycles. The molecular formula is C8H15NO. The van der Waals surface area contributed by atoms with Crippen LogP contribution in [0.4, 0.5) is 0 Å². The SMILES string of the molecule is CC1CC2OC1CCC2N. The summed E-state index contributed by atoms with van der Waals surface area (Å²) in [5, 5.41) is 0. The Labute approximate surface area is 61.7 Å². The zero-order valence-electron chi connectivity index (χ0n) is 6.42. The van der Waals surface area contributed by atoms with E-state index in [1.165, 1.54) is 19.3 Å². The molecule has 2 fully saturated rings. The minimum Gasteiger partial charge on any atom is -0.373 e. The standard InChI is InChI=1S/C8H15NO/c1-5-4-8-6(9)2-3-7(5)10-8/h5-8H,2-4,9H2,1H3. The summed E-state index contributed by atoms with van der Waals surface area (Å²) in [6, 6.07) is 0.321. The van der Waals surface area contributed by atoms with Crippen molar-refractivity contribution in [1.29, 1.82) is 0 Å². The first-order valence-electron chi connectivity index (χ1n) is 4.18. The summed E-state index contributed by atoms with van der Waals surface area (Å²) in [6.07, 6.45) is 4.45. The molecule has 0 aromatic rings. The molecule has 0 aromatic carbocycles. The third-order valence-electron chi connectivity index (χ3n) is 2.85. The van der Waals surface area contributed by atoms with Crippen molar-refractivity contribution in [2.75, 3.05) is 0 Å².